The smallest absolute Gasteiger partial charge is 0.392 e. The molecule has 0 fully saturated rings. The van der Waals surface area contributed by atoms with Gasteiger partial charge in [0, 0.05) is 29.9 Å². The Labute approximate surface area is 201 Å². The summed E-state index contributed by atoms with van der Waals surface area (Å²) in [5.41, 5.74) is 6.87. The molecule has 0 aliphatic carbocycles. The molecule has 1 unspecified atom stereocenters. The highest BCUT2D eigenvalue weighted by atomic mass is 19.4. The number of carbonyl (C=O) groups excluding carboxylic acids is 3. The van der Waals surface area contributed by atoms with Crippen molar-refractivity contribution in [3.8, 4) is 0 Å². The van der Waals surface area contributed by atoms with Crippen LogP contribution in [-0.4, -0.2) is 60.5 Å². The number of para-hydroxylation sites is 1. The molecule has 1 heterocycles. The molecule has 2 aromatic rings. The van der Waals surface area contributed by atoms with Crippen LogP contribution in [0.15, 0.2) is 30.5 Å². The fourth-order valence-corrected chi connectivity index (χ4v) is 3.13. The minimum absolute atomic E-state index is 0.105. The number of nitrogens with two attached hydrogens (primary N) is 1. The number of halogens is 6. The van der Waals surface area contributed by atoms with E-state index >= 15 is 0 Å². The predicted molar refractivity (Wildman–Crippen MR) is 114 cm³/mol. The van der Waals surface area contributed by atoms with Crippen LogP contribution in [0.3, 0.4) is 0 Å². The van der Waals surface area contributed by atoms with Crippen molar-refractivity contribution in [2.75, 3.05) is 13.2 Å². The molecule has 2 atom stereocenters. The van der Waals surface area contributed by atoms with Crippen LogP contribution in [0.1, 0.15) is 31.2 Å². The van der Waals surface area contributed by atoms with Crippen molar-refractivity contribution >= 4 is 28.7 Å². The van der Waals surface area contributed by atoms with Gasteiger partial charge < -0.3 is 25.5 Å². The van der Waals surface area contributed by atoms with Gasteiger partial charge in [-0.3, -0.25) is 9.59 Å². The van der Waals surface area contributed by atoms with Gasteiger partial charge in [0.25, 0.3) is 0 Å². The zero-order chi connectivity index (χ0) is 26.9. The zero-order valence-electron chi connectivity index (χ0n) is 18.9. The van der Waals surface area contributed by atoms with E-state index in [1.54, 1.807) is 30.5 Å². The fourth-order valence-electron chi connectivity index (χ4n) is 3.13. The van der Waals surface area contributed by atoms with E-state index in [1.165, 1.54) is 0 Å². The second-order valence-corrected chi connectivity index (χ2v) is 7.89. The number of hydrogen-bond acceptors (Lipinski definition) is 6. The van der Waals surface area contributed by atoms with Crippen LogP contribution in [0.4, 0.5) is 26.3 Å². The Balaban J connectivity index is 1.97. The molecule has 14 heteroatoms. The first kappa shape index (κ1) is 28.9. The van der Waals surface area contributed by atoms with Crippen LogP contribution < -0.4 is 11.1 Å². The first-order valence-electron chi connectivity index (χ1n) is 10.8. The van der Waals surface area contributed by atoms with Gasteiger partial charge in [-0.05, 0) is 18.1 Å². The van der Waals surface area contributed by atoms with Crippen molar-refractivity contribution in [1.29, 1.82) is 0 Å². The van der Waals surface area contributed by atoms with Gasteiger partial charge in [0.1, 0.15) is 18.7 Å². The summed E-state index contributed by atoms with van der Waals surface area (Å²) in [6, 6.07) is 4.28. The number of benzene rings is 1. The number of esters is 2. The topological polar surface area (TPSA) is 124 Å². The number of carbonyl (C=O) groups is 3. The van der Waals surface area contributed by atoms with Gasteiger partial charge in [0.15, 0.2) is 0 Å². The maximum atomic E-state index is 12.5. The first-order chi connectivity index (χ1) is 16.7. The zero-order valence-corrected chi connectivity index (χ0v) is 18.9. The summed E-state index contributed by atoms with van der Waals surface area (Å²) in [5, 5.41) is 3.09. The lowest BCUT2D eigenvalue weighted by atomic mass is 10.0. The molecule has 200 valence electrons. The third kappa shape index (κ3) is 10.1. The number of aromatic nitrogens is 1. The van der Waals surface area contributed by atoms with Crippen molar-refractivity contribution in [2.24, 2.45) is 5.73 Å². The summed E-state index contributed by atoms with van der Waals surface area (Å²) in [6.45, 7) is -1.85. The summed E-state index contributed by atoms with van der Waals surface area (Å²) < 4.78 is 82.7. The average molecular weight is 525 g/mol. The lowest BCUT2D eigenvalue weighted by Crippen LogP contribution is -2.44. The largest absolute Gasteiger partial charge is 0.464 e. The van der Waals surface area contributed by atoms with E-state index in [2.05, 4.69) is 15.0 Å². The van der Waals surface area contributed by atoms with Gasteiger partial charge in [0.05, 0.1) is 19.4 Å². The van der Waals surface area contributed by atoms with Crippen LogP contribution >= 0.6 is 0 Å². The van der Waals surface area contributed by atoms with Crippen LogP contribution in [0, 0.1) is 0 Å². The maximum Gasteiger partial charge on any atom is 0.392 e. The number of fused-ring (bicyclic) bond motifs is 1. The minimum atomic E-state index is -4.54. The van der Waals surface area contributed by atoms with E-state index in [1.807, 2.05) is 0 Å². The summed E-state index contributed by atoms with van der Waals surface area (Å²) >= 11 is 0. The SMILES string of the molecule is N[C@H](CCC(=O)NC(Cc1c[nH]c2ccccc12)C(=O)OCCC(F)(F)F)C(=O)OCCC(F)(F)F. The van der Waals surface area contributed by atoms with Gasteiger partial charge in [0.2, 0.25) is 5.91 Å². The molecular formula is C22H25F6N3O5. The maximum absolute atomic E-state index is 12.5. The van der Waals surface area contributed by atoms with Gasteiger partial charge in [-0.1, -0.05) is 18.2 Å². The Morgan fingerprint density at radius 2 is 1.53 bits per heavy atom. The van der Waals surface area contributed by atoms with Crippen LogP contribution in [0.5, 0.6) is 0 Å². The second-order valence-electron chi connectivity index (χ2n) is 7.89. The molecule has 0 aliphatic rings. The Morgan fingerprint density at radius 1 is 0.944 bits per heavy atom. The number of H-pyrrole nitrogens is 1. The first-order valence-corrected chi connectivity index (χ1v) is 10.8. The molecular weight excluding hydrogens is 500 g/mol. The lowest BCUT2D eigenvalue weighted by Gasteiger charge is -2.18. The number of alkyl halides is 6. The Bertz CT molecular complexity index is 1040. The molecule has 0 saturated carbocycles. The van der Waals surface area contributed by atoms with Crippen molar-refractivity contribution in [1.82, 2.24) is 10.3 Å². The Morgan fingerprint density at radius 3 is 2.14 bits per heavy atom. The summed E-state index contributed by atoms with van der Waals surface area (Å²) in [7, 11) is 0. The molecule has 0 bridgehead atoms. The van der Waals surface area contributed by atoms with E-state index in [-0.39, 0.29) is 12.8 Å². The Kier molecular flexibility index (Phi) is 10.1. The molecule has 0 saturated heterocycles. The average Bonchev–Trinajstić information content (AvgIpc) is 3.18. The fraction of sp³-hybridized carbons (Fsp3) is 0.500. The quantitative estimate of drug-likeness (QED) is 0.289. The molecule has 4 N–H and O–H groups in total. The van der Waals surface area contributed by atoms with E-state index in [4.69, 9.17) is 10.5 Å². The molecule has 1 aromatic heterocycles. The normalized spacial score (nSPS) is 13.8. The van der Waals surface area contributed by atoms with E-state index in [0.29, 0.717) is 5.56 Å². The number of hydrogen-bond donors (Lipinski definition) is 3. The number of rotatable bonds is 12. The van der Waals surface area contributed by atoms with Crippen molar-refractivity contribution in [3.63, 3.8) is 0 Å². The third-order valence-corrected chi connectivity index (χ3v) is 4.96. The highest BCUT2D eigenvalue weighted by Gasteiger charge is 2.30. The summed E-state index contributed by atoms with van der Waals surface area (Å²) in [4.78, 5) is 39.5. The van der Waals surface area contributed by atoms with Crippen LogP contribution in [-0.2, 0) is 30.3 Å². The highest BCUT2D eigenvalue weighted by Crippen LogP contribution is 2.21. The number of amides is 1. The van der Waals surface area contributed by atoms with Gasteiger partial charge >= 0.3 is 24.3 Å². The van der Waals surface area contributed by atoms with E-state index < -0.39 is 74.8 Å². The second kappa shape index (κ2) is 12.6. The number of nitrogens with one attached hydrogen (secondary N) is 2. The van der Waals surface area contributed by atoms with Crippen molar-refractivity contribution in [3.05, 3.63) is 36.0 Å². The van der Waals surface area contributed by atoms with Crippen LogP contribution in [0.2, 0.25) is 0 Å². The molecule has 2 rings (SSSR count). The van der Waals surface area contributed by atoms with Crippen molar-refractivity contribution < 1.29 is 50.2 Å². The molecule has 0 spiro atoms. The van der Waals surface area contributed by atoms with Gasteiger partial charge in [-0.2, -0.15) is 26.3 Å². The Hall–Kier alpha value is -3.29. The molecule has 8 nitrogen and oxygen atoms in total. The standard InChI is InChI=1S/C22H25F6N3O5/c23-21(24,25)7-9-35-19(33)15(29)5-6-18(32)31-17(20(34)36-10-8-22(26,27)28)11-13-12-30-16-4-2-1-3-14(13)16/h1-4,12,15,17,30H,5-11,29H2,(H,31,32)/t15-,17?/m1/s1. The van der Waals surface area contributed by atoms with E-state index in [9.17, 15) is 40.7 Å². The molecule has 0 radical (unpaired) electrons. The molecule has 1 amide bonds. The summed E-state index contributed by atoms with van der Waals surface area (Å²) in [5.74, 6) is -2.99. The highest BCUT2D eigenvalue weighted by molar-refractivity contribution is 5.87. The lowest BCUT2D eigenvalue weighted by molar-refractivity contribution is -0.162. The van der Waals surface area contributed by atoms with Gasteiger partial charge in [-0.15, -0.1) is 0 Å². The predicted octanol–water partition coefficient (Wildman–Crippen LogP) is 3.29. The monoisotopic (exact) mass is 525 g/mol. The van der Waals surface area contributed by atoms with Crippen molar-refractivity contribution in [2.45, 2.75) is 56.5 Å². The minimum Gasteiger partial charge on any atom is -0.464 e. The molecule has 0 aliphatic heterocycles. The number of aromatic amines is 1. The van der Waals surface area contributed by atoms with Gasteiger partial charge in [-0.25, -0.2) is 4.79 Å². The number of ether oxygens (including phenoxy) is 2. The van der Waals surface area contributed by atoms with E-state index in [0.717, 1.165) is 10.9 Å². The third-order valence-electron chi connectivity index (χ3n) is 4.96. The molecule has 36 heavy (non-hydrogen) atoms. The van der Waals surface area contributed by atoms with Crippen LogP contribution in [0.25, 0.3) is 10.9 Å². The molecule has 1 aromatic carbocycles. The summed E-state index contributed by atoms with van der Waals surface area (Å²) in [6.07, 6.45) is -11.0.